The minimum absolute atomic E-state index is 0.228. The number of methoxy groups -OCH3 is 1. The van der Waals surface area contributed by atoms with Crippen molar-refractivity contribution in [3.05, 3.63) is 78.4 Å². The fourth-order valence-electron chi connectivity index (χ4n) is 2.24. The molecule has 0 aliphatic heterocycles. The van der Waals surface area contributed by atoms with E-state index in [0.717, 1.165) is 18.2 Å². The molecule has 1 unspecified atom stereocenters. The summed E-state index contributed by atoms with van der Waals surface area (Å²) in [5.74, 6) is 0.237. The Morgan fingerprint density at radius 2 is 1.71 bits per heavy atom. The largest absolute Gasteiger partial charge is 0.490 e. The molecule has 0 aliphatic rings. The van der Waals surface area contributed by atoms with Gasteiger partial charge in [0.1, 0.15) is 12.4 Å². The van der Waals surface area contributed by atoms with Crippen LogP contribution in [0.5, 0.6) is 5.75 Å². The van der Waals surface area contributed by atoms with Crippen molar-refractivity contribution in [1.29, 1.82) is 0 Å². The lowest BCUT2D eigenvalue weighted by Crippen LogP contribution is -2.28. The Hall–Kier alpha value is -2.59. The van der Waals surface area contributed by atoms with Crippen LogP contribution in [0.3, 0.4) is 0 Å². The summed E-state index contributed by atoms with van der Waals surface area (Å²) in [6, 6.07) is 18.2. The minimum atomic E-state index is -0.487. The predicted octanol–water partition coefficient (Wildman–Crippen LogP) is 3.40. The quantitative estimate of drug-likeness (QED) is 0.523. The highest BCUT2D eigenvalue weighted by Gasteiger charge is 2.13. The molecule has 0 spiro atoms. The molecule has 0 amide bonds. The molecule has 4 heteroatoms. The molecule has 126 valence electrons. The average Bonchev–Trinajstić information content (AvgIpc) is 2.62. The van der Waals surface area contributed by atoms with Crippen molar-refractivity contribution in [3.63, 3.8) is 0 Å². The zero-order valence-electron chi connectivity index (χ0n) is 13.8. The third-order valence-corrected chi connectivity index (χ3v) is 3.41. The van der Waals surface area contributed by atoms with E-state index in [2.05, 4.69) is 18.7 Å². The summed E-state index contributed by atoms with van der Waals surface area (Å²) in [5.41, 5.74) is 2.47. The van der Waals surface area contributed by atoms with Crippen molar-refractivity contribution in [1.82, 2.24) is 0 Å². The Bertz CT molecular complexity index is 634. The Morgan fingerprint density at radius 3 is 2.33 bits per heavy atom. The first-order chi connectivity index (χ1) is 11.7. The van der Waals surface area contributed by atoms with Gasteiger partial charge in [0.25, 0.3) is 0 Å². The minimum Gasteiger partial charge on any atom is -0.490 e. The van der Waals surface area contributed by atoms with Crippen LogP contribution in [0.4, 0.5) is 0 Å². The smallest absolute Gasteiger partial charge is 0.330 e. The van der Waals surface area contributed by atoms with Gasteiger partial charge in [0, 0.05) is 13.2 Å². The Morgan fingerprint density at radius 1 is 1.04 bits per heavy atom. The van der Waals surface area contributed by atoms with Crippen molar-refractivity contribution in [2.24, 2.45) is 0 Å². The number of carbonyl (C=O) groups is 1. The topological polar surface area (TPSA) is 44.8 Å². The van der Waals surface area contributed by atoms with Gasteiger partial charge in [-0.1, -0.05) is 49.0 Å². The molecule has 0 heterocycles. The first-order valence-corrected chi connectivity index (χ1v) is 7.79. The molecule has 0 radical (unpaired) electrons. The summed E-state index contributed by atoms with van der Waals surface area (Å²) < 4.78 is 15.9. The van der Waals surface area contributed by atoms with E-state index in [-0.39, 0.29) is 13.2 Å². The Balaban J connectivity index is 1.88. The van der Waals surface area contributed by atoms with Gasteiger partial charge in [-0.25, -0.2) is 4.79 Å². The zero-order chi connectivity index (χ0) is 17.2. The van der Waals surface area contributed by atoms with Gasteiger partial charge in [0.2, 0.25) is 0 Å². The van der Waals surface area contributed by atoms with Gasteiger partial charge in [-0.05, 0) is 29.7 Å². The molecule has 1 atom stereocenters. The molecule has 2 aromatic rings. The van der Waals surface area contributed by atoms with E-state index in [4.69, 9.17) is 14.2 Å². The highest BCUT2D eigenvalue weighted by atomic mass is 16.6. The van der Waals surface area contributed by atoms with Gasteiger partial charge in [-0.2, -0.15) is 0 Å². The summed E-state index contributed by atoms with van der Waals surface area (Å²) in [6.07, 6.45) is 1.54. The molecule has 24 heavy (non-hydrogen) atoms. The van der Waals surface area contributed by atoms with Gasteiger partial charge in [0.15, 0.2) is 6.10 Å². The second-order valence-corrected chi connectivity index (χ2v) is 5.34. The highest BCUT2D eigenvalue weighted by Crippen LogP contribution is 2.16. The molecule has 0 aliphatic carbocycles. The maximum atomic E-state index is 11.3. The van der Waals surface area contributed by atoms with Crippen LogP contribution >= 0.6 is 0 Å². The zero-order valence-corrected chi connectivity index (χ0v) is 13.8. The molecule has 2 aromatic carbocycles. The number of hydrogen-bond donors (Lipinski definition) is 0. The number of benzene rings is 2. The first-order valence-electron chi connectivity index (χ1n) is 7.79. The van der Waals surface area contributed by atoms with Crippen molar-refractivity contribution in [3.8, 4) is 5.75 Å². The Labute approximate surface area is 142 Å². The van der Waals surface area contributed by atoms with Crippen LogP contribution in [0, 0.1) is 0 Å². The molecule has 0 fully saturated rings. The third-order valence-electron chi connectivity index (χ3n) is 3.41. The van der Waals surface area contributed by atoms with Crippen molar-refractivity contribution < 1.29 is 19.0 Å². The van der Waals surface area contributed by atoms with E-state index < -0.39 is 12.1 Å². The van der Waals surface area contributed by atoms with Crippen LogP contribution in [0.2, 0.25) is 0 Å². The van der Waals surface area contributed by atoms with Gasteiger partial charge in [-0.3, -0.25) is 0 Å². The maximum Gasteiger partial charge on any atom is 0.330 e. The van der Waals surface area contributed by atoms with Crippen molar-refractivity contribution >= 4 is 5.97 Å². The van der Waals surface area contributed by atoms with E-state index in [1.165, 1.54) is 11.1 Å². The lowest BCUT2D eigenvalue weighted by atomic mass is 10.1. The maximum absolute atomic E-state index is 11.3. The van der Waals surface area contributed by atoms with Crippen molar-refractivity contribution in [2.45, 2.75) is 12.5 Å². The fraction of sp³-hybridized carbons (Fsp3) is 0.250. The van der Waals surface area contributed by atoms with Crippen LogP contribution in [-0.2, 0) is 20.7 Å². The fourth-order valence-corrected chi connectivity index (χ4v) is 2.24. The average molecular weight is 326 g/mol. The monoisotopic (exact) mass is 326 g/mol. The second kappa shape index (κ2) is 9.53. The Kier molecular flexibility index (Phi) is 7.05. The van der Waals surface area contributed by atoms with E-state index in [1.54, 1.807) is 7.11 Å². The molecule has 0 saturated carbocycles. The van der Waals surface area contributed by atoms with Gasteiger partial charge in [-0.15, -0.1) is 0 Å². The second-order valence-electron chi connectivity index (χ2n) is 5.34. The molecule has 2 rings (SSSR count). The lowest BCUT2D eigenvalue weighted by Gasteiger charge is -2.17. The summed E-state index contributed by atoms with van der Waals surface area (Å²) in [7, 11) is 1.55. The predicted molar refractivity (Wildman–Crippen MR) is 93.1 cm³/mol. The number of carbonyl (C=O) groups excluding carboxylic acids is 1. The molecule has 0 saturated heterocycles. The van der Waals surface area contributed by atoms with Gasteiger partial charge < -0.3 is 14.2 Å². The van der Waals surface area contributed by atoms with E-state index in [9.17, 15) is 4.79 Å². The van der Waals surface area contributed by atoms with Crippen LogP contribution in [-0.4, -0.2) is 32.4 Å². The van der Waals surface area contributed by atoms with Crippen LogP contribution in [0.15, 0.2) is 67.3 Å². The summed E-state index contributed by atoms with van der Waals surface area (Å²) in [5, 5.41) is 0. The molecule has 0 aromatic heterocycles. The standard InChI is InChI=1S/C20H22O4/c1-3-20(21)24-19(14-22-2)15-23-18-11-9-17(10-12-18)13-16-7-5-4-6-8-16/h3-12,19H,1,13-15H2,2H3. The lowest BCUT2D eigenvalue weighted by molar-refractivity contribution is -0.147. The summed E-state index contributed by atoms with van der Waals surface area (Å²) in [6.45, 7) is 3.88. The number of esters is 1. The van der Waals surface area contributed by atoms with E-state index >= 15 is 0 Å². The van der Waals surface area contributed by atoms with Gasteiger partial charge >= 0.3 is 5.97 Å². The highest BCUT2D eigenvalue weighted by molar-refractivity contribution is 5.81. The summed E-state index contributed by atoms with van der Waals surface area (Å²) in [4.78, 5) is 11.3. The first kappa shape index (κ1) is 17.8. The SMILES string of the molecule is C=CC(=O)OC(COC)COc1ccc(Cc2ccccc2)cc1. The molecular weight excluding hydrogens is 304 g/mol. The van der Waals surface area contributed by atoms with E-state index in [1.807, 2.05) is 42.5 Å². The molecule has 0 N–H and O–H groups in total. The number of hydrogen-bond acceptors (Lipinski definition) is 4. The third kappa shape index (κ3) is 5.89. The van der Waals surface area contributed by atoms with Crippen LogP contribution in [0.25, 0.3) is 0 Å². The molecular formula is C20H22O4. The summed E-state index contributed by atoms with van der Waals surface area (Å²) >= 11 is 0. The van der Waals surface area contributed by atoms with E-state index in [0.29, 0.717) is 0 Å². The van der Waals surface area contributed by atoms with Gasteiger partial charge in [0.05, 0.1) is 6.61 Å². The van der Waals surface area contributed by atoms with Crippen molar-refractivity contribution in [2.75, 3.05) is 20.3 Å². The van der Waals surface area contributed by atoms with Crippen LogP contribution < -0.4 is 4.74 Å². The normalized spacial score (nSPS) is 11.5. The molecule has 0 bridgehead atoms. The molecule has 4 nitrogen and oxygen atoms in total. The number of rotatable bonds is 9. The number of ether oxygens (including phenoxy) is 3. The van der Waals surface area contributed by atoms with Crippen LogP contribution in [0.1, 0.15) is 11.1 Å².